The molecule has 0 radical (unpaired) electrons. The van der Waals surface area contributed by atoms with Gasteiger partial charge in [-0.25, -0.2) is 4.98 Å². The molecule has 4 heteroatoms. The van der Waals surface area contributed by atoms with Crippen molar-refractivity contribution in [3.05, 3.63) is 11.1 Å². The summed E-state index contributed by atoms with van der Waals surface area (Å²) in [6, 6.07) is 0. The zero-order valence-electron chi connectivity index (χ0n) is 9.87. The van der Waals surface area contributed by atoms with Gasteiger partial charge in [0.1, 0.15) is 4.34 Å². The Morgan fingerprint density at radius 2 is 2.31 bits per heavy atom. The van der Waals surface area contributed by atoms with Gasteiger partial charge in [0, 0.05) is 23.4 Å². The standard InChI is InChI=1S/C12H20N2S2/c1-10-9-16-12(14-10)15-7-6-13-8-11-4-2-3-5-11/h9,11,13H,2-8H2,1H3. The zero-order valence-corrected chi connectivity index (χ0v) is 11.5. The maximum Gasteiger partial charge on any atom is 0.150 e. The van der Waals surface area contributed by atoms with Crippen LogP contribution in [0.1, 0.15) is 31.4 Å². The van der Waals surface area contributed by atoms with E-state index in [0.717, 1.165) is 23.9 Å². The van der Waals surface area contributed by atoms with Crippen molar-refractivity contribution in [2.75, 3.05) is 18.8 Å². The molecule has 1 saturated carbocycles. The molecule has 1 aliphatic rings. The highest BCUT2D eigenvalue weighted by molar-refractivity contribution is 8.01. The Morgan fingerprint density at radius 1 is 1.50 bits per heavy atom. The first-order valence-corrected chi connectivity index (χ1v) is 7.97. The zero-order chi connectivity index (χ0) is 11.2. The third-order valence-electron chi connectivity index (χ3n) is 3.01. The number of hydrogen-bond donors (Lipinski definition) is 1. The Labute approximate surface area is 106 Å². The van der Waals surface area contributed by atoms with E-state index in [1.165, 1.54) is 36.6 Å². The van der Waals surface area contributed by atoms with E-state index in [2.05, 4.69) is 22.6 Å². The van der Waals surface area contributed by atoms with E-state index in [1.54, 1.807) is 11.3 Å². The van der Waals surface area contributed by atoms with Crippen LogP contribution >= 0.6 is 23.1 Å². The SMILES string of the molecule is Cc1csc(SCCNCC2CCCC2)n1. The minimum atomic E-state index is 0.951. The van der Waals surface area contributed by atoms with Gasteiger partial charge in [0.2, 0.25) is 0 Å². The van der Waals surface area contributed by atoms with E-state index < -0.39 is 0 Å². The highest BCUT2D eigenvalue weighted by atomic mass is 32.2. The van der Waals surface area contributed by atoms with Crippen molar-refractivity contribution in [1.29, 1.82) is 0 Å². The van der Waals surface area contributed by atoms with Gasteiger partial charge in [0.15, 0.2) is 0 Å². The number of aryl methyl sites for hydroxylation is 1. The summed E-state index contributed by atoms with van der Waals surface area (Å²) in [5.74, 6) is 2.09. The first-order chi connectivity index (χ1) is 7.84. The first kappa shape index (κ1) is 12.4. The second-order valence-electron chi connectivity index (χ2n) is 4.46. The quantitative estimate of drug-likeness (QED) is 0.624. The fourth-order valence-corrected chi connectivity index (χ4v) is 3.95. The summed E-state index contributed by atoms with van der Waals surface area (Å²) >= 11 is 3.63. The Bertz CT molecular complexity index is 306. The molecule has 2 nitrogen and oxygen atoms in total. The van der Waals surface area contributed by atoms with Gasteiger partial charge in [0.25, 0.3) is 0 Å². The molecule has 16 heavy (non-hydrogen) atoms. The van der Waals surface area contributed by atoms with Gasteiger partial charge in [-0.05, 0) is 32.2 Å². The average Bonchev–Trinajstić information content (AvgIpc) is 2.89. The minimum absolute atomic E-state index is 0.951. The van der Waals surface area contributed by atoms with Crippen molar-refractivity contribution in [3.63, 3.8) is 0 Å². The van der Waals surface area contributed by atoms with Gasteiger partial charge in [-0.1, -0.05) is 24.6 Å². The summed E-state index contributed by atoms with van der Waals surface area (Å²) in [6.07, 6.45) is 5.76. The van der Waals surface area contributed by atoms with Gasteiger partial charge in [-0.15, -0.1) is 11.3 Å². The molecule has 0 atom stereocenters. The molecule has 0 unspecified atom stereocenters. The van der Waals surface area contributed by atoms with Crippen molar-refractivity contribution in [2.24, 2.45) is 5.92 Å². The topological polar surface area (TPSA) is 24.9 Å². The van der Waals surface area contributed by atoms with Crippen molar-refractivity contribution in [3.8, 4) is 0 Å². The summed E-state index contributed by atoms with van der Waals surface area (Å²) in [5, 5.41) is 5.68. The molecule has 90 valence electrons. The van der Waals surface area contributed by atoms with Crippen LogP contribution in [0.3, 0.4) is 0 Å². The van der Waals surface area contributed by atoms with Crippen molar-refractivity contribution < 1.29 is 0 Å². The maximum absolute atomic E-state index is 4.44. The fourth-order valence-electron chi connectivity index (χ4n) is 2.13. The number of rotatable bonds is 6. The van der Waals surface area contributed by atoms with Crippen LogP contribution in [0, 0.1) is 12.8 Å². The average molecular weight is 256 g/mol. The molecule has 1 heterocycles. The van der Waals surface area contributed by atoms with Crippen molar-refractivity contribution >= 4 is 23.1 Å². The number of thiazole rings is 1. The Balaban J connectivity index is 1.51. The largest absolute Gasteiger partial charge is 0.316 e. The van der Waals surface area contributed by atoms with Gasteiger partial charge in [0.05, 0.1) is 0 Å². The fraction of sp³-hybridized carbons (Fsp3) is 0.750. The van der Waals surface area contributed by atoms with E-state index in [4.69, 9.17) is 0 Å². The number of nitrogens with one attached hydrogen (secondary N) is 1. The lowest BCUT2D eigenvalue weighted by molar-refractivity contribution is 0.500. The summed E-state index contributed by atoms with van der Waals surface area (Å²) in [4.78, 5) is 4.44. The van der Waals surface area contributed by atoms with Crippen LogP contribution in [0.2, 0.25) is 0 Å². The number of thioether (sulfide) groups is 1. The predicted octanol–water partition coefficient (Wildman–Crippen LogP) is 3.32. The molecular weight excluding hydrogens is 236 g/mol. The molecule has 0 spiro atoms. The molecule has 1 aromatic rings. The lowest BCUT2D eigenvalue weighted by Crippen LogP contribution is -2.23. The summed E-state index contributed by atoms with van der Waals surface area (Å²) in [5.41, 5.74) is 1.14. The van der Waals surface area contributed by atoms with Gasteiger partial charge in [-0.2, -0.15) is 0 Å². The van der Waals surface area contributed by atoms with E-state index >= 15 is 0 Å². The van der Waals surface area contributed by atoms with Crippen LogP contribution in [-0.2, 0) is 0 Å². The summed E-state index contributed by atoms with van der Waals surface area (Å²) < 4.78 is 1.21. The first-order valence-electron chi connectivity index (χ1n) is 6.10. The molecule has 0 bridgehead atoms. The van der Waals surface area contributed by atoms with Crippen LogP contribution in [0.4, 0.5) is 0 Å². The normalized spacial score (nSPS) is 17.1. The van der Waals surface area contributed by atoms with Gasteiger partial charge in [-0.3, -0.25) is 0 Å². The maximum atomic E-state index is 4.44. The molecule has 1 fully saturated rings. The minimum Gasteiger partial charge on any atom is -0.316 e. The second kappa shape index (κ2) is 6.62. The molecular formula is C12H20N2S2. The lowest BCUT2D eigenvalue weighted by atomic mass is 10.1. The van der Waals surface area contributed by atoms with Crippen LogP contribution in [0.25, 0.3) is 0 Å². The molecule has 2 rings (SSSR count). The van der Waals surface area contributed by atoms with E-state index in [0.29, 0.717) is 0 Å². The van der Waals surface area contributed by atoms with Crippen LogP contribution in [0.15, 0.2) is 9.72 Å². The molecule has 1 aromatic heterocycles. The summed E-state index contributed by atoms with van der Waals surface area (Å²) in [7, 11) is 0. The van der Waals surface area contributed by atoms with Crippen LogP contribution in [-0.4, -0.2) is 23.8 Å². The third-order valence-corrected chi connectivity index (χ3v) is 5.15. The van der Waals surface area contributed by atoms with Crippen LogP contribution < -0.4 is 5.32 Å². The molecule has 0 aromatic carbocycles. The molecule has 0 amide bonds. The smallest absolute Gasteiger partial charge is 0.150 e. The number of aromatic nitrogens is 1. The predicted molar refractivity (Wildman–Crippen MR) is 72.4 cm³/mol. The highest BCUT2D eigenvalue weighted by Crippen LogP contribution is 2.24. The van der Waals surface area contributed by atoms with E-state index in [9.17, 15) is 0 Å². The Kier molecular flexibility index (Phi) is 5.13. The monoisotopic (exact) mass is 256 g/mol. The van der Waals surface area contributed by atoms with Crippen molar-refractivity contribution in [2.45, 2.75) is 36.9 Å². The molecule has 1 aliphatic carbocycles. The molecule has 1 N–H and O–H groups in total. The molecule has 0 saturated heterocycles. The number of nitrogens with zero attached hydrogens (tertiary/aromatic N) is 1. The lowest BCUT2D eigenvalue weighted by Gasteiger charge is -2.09. The Morgan fingerprint density at radius 3 is 3.00 bits per heavy atom. The highest BCUT2D eigenvalue weighted by Gasteiger charge is 2.13. The van der Waals surface area contributed by atoms with E-state index in [1.807, 2.05) is 11.8 Å². The Hall–Kier alpha value is -0.0600. The van der Waals surface area contributed by atoms with Crippen LogP contribution in [0.5, 0.6) is 0 Å². The number of hydrogen-bond acceptors (Lipinski definition) is 4. The van der Waals surface area contributed by atoms with Gasteiger partial charge >= 0.3 is 0 Å². The van der Waals surface area contributed by atoms with Gasteiger partial charge < -0.3 is 5.32 Å². The summed E-state index contributed by atoms with van der Waals surface area (Å²) in [6.45, 7) is 4.39. The third kappa shape index (κ3) is 4.07. The van der Waals surface area contributed by atoms with E-state index in [-0.39, 0.29) is 0 Å². The molecule has 0 aliphatic heterocycles. The van der Waals surface area contributed by atoms with Crippen molar-refractivity contribution in [1.82, 2.24) is 10.3 Å². The second-order valence-corrected chi connectivity index (χ2v) is 6.66.